The first-order valence-corrected chi connectivity index (χ1v) is 9.97. The number of benzene rings is 1. The lowest BCUT2D eigenvalue weighted by Crippen LogP contribution is -2.28. The molecule has 0 atom stereocenters. The molecule has 1 aliphatic heterocycles. The van der Waals surface area contributed by atoms with Crippen LogP contribution in [0, 0.1) is 6.92 Å². The number of aryl methyl sites for hydroxylation is 1. The van der Waals surface area contributed by atoms with Gasteiger partial charge in [-0.2, -0.15) is 11.8 Å². The lowest BCUT2D eigenvalue weighted by molar-refractivity contribution is 0.100. The van der Waals surface area contributed by atoms with E-state index >= 15 is 0 Å². The number of ether oxygens (including phenoxy) is 1. The second-order valence-electron chi connectivity index (χ2n) is 5.32. The van der Waals surface area contributed by atoms with Crippen molar-refractivity contribution in [2.75, 3.05) is 25.5 Å². The number of hydrogen-bond donors (Lipinski definition) is 1. The largest absolute Gasteiger partial charge is 0.381 e. The topological polar surface area (TPSA) is 55.4 Å². The maximum absolute atomic E-state index is 12.0. The lowest BCUT2D eigenvalue weighted by Gasteiger charge is -2.21. The molecule has 0 saturated carbocycles. The van der Waals surface area contributed by atoms with Gasteiger partial charge in [-0.05, 0) is 25.3 Å². The Morgan fingerprint density at radius 3 is 2.81 bits per heavy atom. The average molecular weight is 329 g/mol. The molecule has 4 nitrogen and oxygen atoms in total. The standard InChI is InChI=1S/C15H23NO3S2/c1-13-3-2-4-14(11-13)12-21(17,18)16-7-10-20-15-5-8-19-9-6-15/h2-4,11,15-16H,5-10,12H2,1H3. The van der Waals surface area contributed by atoms with Crippen LogP contribution in [-0.2, 0) is 20.5 Å². The molecule has 0 amide bonds. The fraction of sp³-hybridized carbons (Fsp3) is 0.600. The minimum Gasteiger partial charge on any atom is -0.381 e. The van der Waals surface area contributed by atoms with Gasteiger partial charge in [0.1, 0.15) is 0 Å². The van der Waals surface area contributed by atoms with Gasteiger partial charge < -0.3 is 4.74 Å². The van der Waals surface area contributed by atoms with Crippen molar-refractivity contribution in [2.24, 2.45) is 0 Å². The first-order chi connectivity index (χ1) is 10.1. The summed E-state index contributed by atoms with van der Waals surface area (Å²) >= 11 is 1.84. The zero-order valence-electron chi connectivity index (χ0n) is 12.4. The SMILES string of the molecule is Cc1cccc(CS(=O)(=O)NCCSC2CCOCC2)c1. The van der Waals surface area contributed by atoms with Crippen LogP contribution in [0.1, 0.15) is 24.0 Å². The van der Waals surface area contributed by atoms with E-state index in [1.807, 2.05) is 43.0 Å². The van der Waals surface area contributed by atoms with Crippen LogP contribution >= 0.6 is 11.8 Å². The second kappa shape index (κ2) is 8.17. The summed E-state index contributed by atoms with van der Waals surface area (Å²) < 4.78 is 32.0. The van der Waals surface area contributed by atoms with E-state index in [1.54, 1.807) is 0 Å². The summed E-state index contributed by atoms with van der Waals surface area (Å²) in [5, 5.41) is 0.611. The van der Waals surface area contributed by atoms with Gasteiger partial charge in [-0.3, -0.25) is 0 Å². The van der Waals surface area contributed by atoms with Gasteiger partial charge in [-0.25, -0.2) is 13.1 Å². The van der Waals surface area contributed by atoms with Crippen molar-refractivity contribution in [3.8, 4) is 0 Å². The summed E-state index contributed by atoms with van der Waals surface area (Å²) in [5.41, 5.74) is 1.91. The number of thioether (sulfide) groups is 1. The average Bonchev–Trinajstić information content (AvgIpc) is 2.44. The van der Waals surface area contributed by atoms with Crippen molar-refractivity contribution >= 4 is 21.8 Å². The van der Waals surface area contributed by atoms with E-state index < -0.39 is 10.0 Å². The molecule has 2 rings (SSSR count). The number of nitrogens with one attached hydrogen (secondary N) is 1. The summed E-state index contributed by atoms with van der Waals surface area (Å²) in [4.78, 5) is 0. The fourth-order valence-electron chi connectivity index (χ4n) is 2.34. The molecule has 0 unspecified atom stereocenters. The molecule has 1 aliphatic rings. The minimum absolute atomic E-state index is 0.0522. The molecule has 1 fully saturated rings. The normalized spacial score (nSPS) is 17.0. The Morgan fingerprint density at radius 2 is 2.10 bits per heavy atom. The van der Waals surface area contributed by atoms with Gasteiger partial charge in [0.05, 0.1) is 5.75 Å². The Morgan fingerprint density at radius 1 is 1.33 bits per heavy atom. The molecule has 1 heterocycles. The summed E-state index contributed by atoms with van der Waals surface area (Å²) in [6.07, 6.45) is 2.14. The van der Waals surface area contributed by atoms with Crippen LogP contribution in [-0.4, -0.2) is 39.2 Å². The van der Waals surface area contributed by atoms with Gasteiger partial charge in [0.25, 0.3) is 0 Å². The predicted molar refractivity (Wildman–Crippen MR) is 88.1 cm³/mol. The van der Waals surface area contributed by atoms with E-state index in [-0.39, 0.29) is 5.75 Å². The monoisotopic (exact) mass is 329 g/mol. The molecule has 6 heteroatoms. The van der Waals surface area contributed by atoms with Crippen LogP contribution in [0.4, 0.5) is 0 Å². The third-order valence-electron chi connectivity index (χ3n) is 3.39. The first-order valence-electron chi connectivity index (χ1n) is 7.27. The summed E-state index contributed by atoms with van der Waals surface area (Å²) in [5.74, 6) is 0.869. The molecule has 1 saturated heterocycles. The summed E-state index contributed by atoms with van der Waals surface area (Å²) in [7, 11) is -3.24. The van der Waals surface area contributed by atoms with E-state index in [2.05, 4.69) is 4.72 Å². The molecular weight excluding hydrogens is 306 g/mol. The van der Waals surface area contributed by atoms with Gasteiger partial charge in [0.2, 0.25) is 10.0 Å². The number of hydrogen-bond acceptors (Lipinski definition) is 4. The molecule has 21 heavy (non-hydrogen) atoms. The van der Waals surface area contributed by atoms with E-state index in [0.29, 0.717) is 11.8 Å². The Hall–Kier alpha value is -0.560. The molecule has 118 valence electrons. The highest BCUT2D eigenvalue weighted by atomic mass is 32.2. The van der Waals surface area contributed by atoms with Crippen LogP contribution in [0.3, 0.4) is 0 Å². The van der Waals surface area contributed by atoms with E-state index in [1.165, 1.54) is 0 Å². The molecular formula is C15H23NO3S2. The quantitative estimate of drug-likeness (QED) is 0.780. The molecule has 0 spiro atoms. The van der Waals surface area contributed by atoms with Gasteiger partial charge in [0, 0.05) is 30.8 Å². The lowest BCUT2D eigenvalue weighted by atomic mass is 10.2. The fourth-order valence-corrected chi connectivity index (χ4v) is 4.68. The number of rotatable bonds is 7. The van der Waals surface area contributed by atoms with Crippen LogP contribution in [0.15, 0.2) is 24.3 Å². The Kier molecular flexibility index (Phi) is 6.54. The van der Waals surface area contributed by atoms with E-state index in [9.17, 15) is 8.42 Å². The molecule has 1 N–H and O–H groups in total. The molecule has 0 radical (unpaired) electrons. The molecule has 0 aromatic heterocycles. The van der Waals surface area contributed by atoms with Crippen molar-refractivity contribution < 1.29 is 13.2 Å². The van der Waals surface area contributed by atoms with Crippen molar-refractivity contribution in [1.29, 1.82) is 0 Å². The first kappa shape index (κ1) is 16.8. The van der Waals surface area contributed by atoms with Gasteiger partial charge in [-0.15, -0.1) is 0 Å². The summed E-state index contributed by atoms with van der Waals surface area (Å²) in [6, 6.07) is 7.62. The van der Waals surface area contributed by atoms with E-state index in [4.69, 9.17) is 4.74 Å². The van der Waals surface area contributed by atoms with Crippen molar-refractivity contribution in [1.82, 2.24) is 4.72 Å². The van der Waals surface area contributed by atoms with Crippen molar-refractivity contribution in [2.45, 2.75) is 30.8 Å². The van der Waals surface area contributed by atoms with Crippen LogP contribution in [0.25, 0.3) is 0 Å². The Labute approximate surface area is 131 Å². The Bertz CT molecular complexity index is 540. The highest BCUT2D eigenvalue weighted by Crippen LogP contribution is 2.21. The van der Waals surface area contributed by atoms with Crippen LogP contribution in [0.5, 0.6) is 0 Å². The van der Waals surface area contributed by atoms with Gasteiger partial charge in [0.15, 0.2) is 0 Å². The van der Waals surface area contributed by atoms with E-state index in [0.717, 1.165) is 42.9 Å². The third-order valence-corrected chi connectivity index (χ3v) is 6.13. The maximum atomic E-state index is 12.0. The van der Waals surface area contributed by atoms with Gasteiger partial charge in [-0.1, -0.05) is 29.8 Å². The smallest absolute Gasteiger partial charge is 0.215 e. The molecule has 1 aromatic rings. The highest BCUT2D eigenvalue weighted by Gasteiger charge is 2.15. The molecule has 0 bridgehead atoms. The predicted octanol–water partition coefficient (Wildman–Crippen LogP) is 2.33. The highest BCUT2D eigenvalue weighted by molar-refractivity contribution is 8.00. The van der Waals surface area contributed by atoms with Gasteiger partial charge >= 0.3 is 0 Å². The van der Waals surface area contributed by atoms with Crippen LogP contribution in [0.2, 0.25) is 0 Å². The van der Waals surface area contributed by atoms with Crippen molar-refractivity contribution in [3.05, 3.63) is 35.4 Å². The minimum atomic E-state index is -3.24. The maximum Gasteiger partial charge on any atom is 0.215 e. The number of sulfonamides is 1. The zero-order valence-corrected chi connectivity index (χ0v) is 14.0. The third kappa shape index (κ3) is 6.38. The Balaban J connectivity index is 1.71. The molecule has 1 aromatic carbocycles. The van der Waals surface area contributed by atoms with Crippen LogP contribution < -0.4 is 4.72 Å². The molecule has 0 aliphatic carbocycles. The zero-order chi connectivity index (χ0) is 15.1. The summed E-state index contributed by atoms with van der Waals surface area (Å²) in [6.45, 7) is 4.12. The van der Waals surface area contributed by atoms with Crippen molar-refractivity contribution in [3.63, 3.8) is 0 Å². The second-order valence-corrected chi connectivity index (χ2v) is 8.54.